The van der Waals surface area contributed by atoms with Crippen LogP contribution in [0.15, 0.2) is 24.3 Å². The van der Waals surface area contributed by atoms with Crippen LogP contribution in [0.3, 0.4) is 0 Å². The number of hydrogen-bond donors (Lipinski definition) is 3. The van der Waals surface area contributed by atoms with Crippen molar-refractivity contribution in [2.75, 3.05) is 0 Å². The van der Waals surface area contributed by atoms with Gasteiger partial charge in [-0.1, -0.05) is 12.1 Å². The molecule has 1 aliphatic rings. The predicted octanol–water partition coefficient (Wildman–Crippen LogP) is 2.66. The predicted molar refractivity (Wildman–Crippen MR) is 79.4 cm³/mol. The second kappa shape index (κ2) is 6.43. The number of aliphatic hydroxyl groups excluding tert-OH is 1. The molecule has 4 nitrogen and oxygen atoms in total. The summed E-state index contributed by atoms with van der Waals surface area (Å²) in [6.45, 7) is 3.68. The minimum Gasteiger partial charge on any atom is -0.393 e. The summed E-state index contributed by atoms with van der Waals surface area (Å²) in [4.78, 5) is 12.1. The van der Waals surface area contributed by atoms with Gasteiger partial charge < -0.3 is 15.7 Å². The van der Waals surface area contributed by atoms with Crippen LogP contribution in [0.2, 0.25) is 0 Å². The standard InChI is InChI=1S/C16H23FN2O2/c1-16(2,11-4-3-5-12(17)10-11)19-15(21)18-13-6-8-14(20)9-7-13/h3-5,10,13-14,20H,6-9H2,1-2H3,(H2,18,19,21). The molecule has 0 radical (unpaired) electrons. The molecule has 2 amide bonds. The first-order valence-electron chi connectivity index (χ1n) is 7.39. The van der Waals surface area contributed by atoms with E-state index in [-0.39, 0.29) is 24.0 Å². The summed E-state index contributed by atoms with van der Waals surface area (Å²) < 4.78 is 13.3. The number of aliphatic hydroxyl groups is 1. The van der Waals surface area contributed by atoms with Crippen molar-refractivity contribution in [3.8, 4) is 0 Å². The van der Waals surface area contributed by atoms with Gasteiger partial charge in [0.2, 0.25) is 0 Å². The molecule has 5 heteroatoms. The third kappa shape index (κ3) is 4.43. The van der Waals surface area contributed by atoms with E-state index in [2.05, 4.69) is 10.6 Å². The van der Waals surface area contributed by atoms with Gasteiger partial charge in [-0.2, -0.15) is 0 Å². The van der Waals surface area contributed by atoms with E-state index in [1.54, 1.807) is 12.1 Å². The quantitative estimate of drug-likeness (QED) is 0.802. The van der Waals surface area contributed by atoms with E-state index in [4.69, 9.17) is 0 Å². The minimum atomic E-state index is -0.652. The Hall–Kier alpha value is -1.62. The van der Waals surface area contributed by atoms with Gasteiger partial charge in [0.1, 0.15) is 5.82 Å². The summed E-state index contributed by atoms with van der Waals surface area (Å²) >= 11 is 0. The summed E-state index contributed by atoms with van der Waals surface area (Å²) in [6.07, 6.45) is 2.77. The maximum absolute atomic E-state index is 13.3. The first-order valence-corrected chi connectivity index (χ1v) is 7.39. The van der Waals surface area contributed by atoms with E-state index >= 15 is 0 Å². The summed E-state index contributed by atoms with van der Waals surface area (Å²) in [5, 5.41) is 15.3. The van der Waals surface area contributed by atoms with E-state index in [9.17, 15) is 14.3 Å². The molecule has 0 spiro atoms. The highest BCUT2D eigenvalue weighted by atomic mass is 19.1. The van der Waals surface area contributed by atoms with Crippen LogP contribution in [0.25, 0.3) is 0 Å². The summed E-state index contributed by atoms with van der Waals surface area (Å²) in [6, 6.07) is 6.07. The highest BCUT2D eigenvalue weighted by Crippen LogP contribution is 2.21. The molecule has 0 bridgehead atoms. The number of benzene rings is 1. The fourth-order valence-electron chi connectivity index (χ4n) is 2.67. The Labute approximate surface area is 124 Å². The Morgan fingerprint density at radius 1 is 1.29 bits per heavy atom. The Bertz CT molecular complexity index is 497. The van der Waals surface area contributed by atoms with E-state index < -0.39 is 5.54 Å². The number of urea groups is 1. The van der Waals surface area contributed by atoms with Crippen LogP contribution in [0, 0.1) is 5.82 Å². The van der Waals surface area contributed by atoms with Gasteiger partial charge >= 0.3 is 6.03 Å². The van der Waals surface area contributed by atoms with E-state index in [0.29, 0.717) is 0 Å². The van der Waals surface area contributed by atoms with Crippen molar-refractivity contribution in [2.24, 2.45) is 0 Å². The van der Waals surface area contributed by atoms with Crippen molar-refractivity contribution >= 4 is 6.03 Å². The molecule has 1 fully saturated rings. The normalized spacial score (nSPS) is 22.7. The average Bonchev–Trinajstić information content (AvgIpc) is 2.41. The molecule has 1 aromatic carbocycles. The molecule has 1 aliphatic carbocycles. The first-order chi connectivity index (χ1) is 9.87. The lowest BCUT2D eigenvalue weighted by atomic mass is 9.93. The number of hydrogen-bond acceptors (Lipinski definition) is 2. The molecule has 0 aromatic heterocycles. The highest BCUT2D eigenvalue weighted by Gasteiger charge is 2.26. The molecule has 3 N–H and O–H groups in total. The van der Waals surface area contributed by atoms with E-state index in [0.717, 1.165) is 31.2 Å². The van der Waals surface area contributed by atoms with Crippen molar-refractivity contribution in [3.05, 3.63) is 35.6 Å². The van der Waals surface area contributed by atoms with Gasteiger partial charge in [0.05, 0.1) is 11.6 Å². The summed E-state index contributed by atoms with van der Waals surface area (Å²) in [5.41, 5.74) is 0.0668. The Balaban J connectivity index is 1.92. The molecule has 2 rings (SSSR count). The Morgan fingerprint density at radius 2 is 1.95 bits per heavy atom. The average molecular weight is 294 g/mol. The zero-order valence-corrected chi connectivity index (χ0v) is 12.5. The zero-order chi connectivity index (χ0) is 15.5. The number of carbonyl (C=O) groups is 1. The van der Waals surface area contributed by atoms with Crippen LogP contribution in [0.5, 0.6) is 0 Å². The van der Waals surface area contributed by atoms with Crippen molar-refractivity contribution < 1.29 is 14.3 Å². The summed E-state index contributed by atoms with van der Waals surface area (Å²) in [5.74, 6) is -0.316. The topological polar surface area (TPSA) is 61.4 Å². The monoisotopic (exact) mass is 294 g/mol. The Morgan fingerprint density at radius 3 is 2.57 bits per heavy atom. The van der Waals surface area contributed by atoms with Gasteiger partial charge in [0, 0.05) is 6.04 Å². The molecular weight excluding hydrogens is 271 g/mol. The Kier molecular flexibility index (Phi) is 4.83. The highest BCUT2D eigenvalue weighted by molar-refractivity contribution is 5.75. The van der Waals surface area contributed by atoms with E-state index in [1.807, 2.05) is 13.8 Å². The van der Waals surface area contributed by atoms with Crippen molar-refractivity contribution in [1.82, 2.24) is 10.6 Å². The lowest BCUT2D eigenvalue weighted by Crippen LogP contribution is -2.50. The molecule has 1 aromatic rings. The lowest BCUT2D eigenvalue weighted by Gasteiger charge is -2.30. The maximum atomic E-state index is 13.3. The largest absolute Gasteiger partial charge is 0.393 e. The molecule has 0 heterocycles. The van der Waals surface area contributed by atoms with Crippen LogP contribution in [0.1, 0.15) is 45.1 Å². The number of rotatable bonds is 3. The summed E-state index contributed by atoms with van der Waals surface area (Å²) in [7, 11) is 0. The third-order valence-electron chi connectivity index (χ3n) is 4.00. The fourth-order valence-corrected chi connectivity index (χ4v) is 2.67. The second-order valence-corrected chi connectivity index (χ2v) is 6.24. The molecule has 0 atom stereocenters. The molecule has 1 saturated carbocycles. The molecule has 21 heavy (non-hydrogen) atoms. The molecule has 0 unspecified atom stereocenters. The van der Waals surface area contributed by atoms with Gasteiger partial charge in [-0.15, -0.1) is 0 Å². The van der Waals surface area contributed by atoms with Crippen LogP contribution >= 0.6 is 0 Å². The molecule has 0 aliphatic heterocycles. The molecule has 116 valence electrons. The molecular formula is C16H23FN2O2. The van der Waals surface area contributed by atoms with Gasteiger partial charge in [-0.25, -0.2) is 9.18 Å². The fraction of sp³-hybridized carbons (Fsp3) is 0.562. The van der Waals surface area contributed by atoms with Gasteiger partial charge in [0.25, 0.3) is 0 Å². The lowest BCUT2D eigenvalue weighted by molar-refractivity contribution is 0.117. The SMILES string of the molecule is CC(C)(NC(=O)NC1CCC(O)CC1)c1cccc(F)c1. The van der Waals surface area contributed by atoms with Gasteiger partial charge in [-0.3, -0.25) is 0 Å². The van der Waals surface area contributed by atoms with Crippen molar-refractivity contribution in [2.45, 2.75) is 57.2 Å². The zero-order valence-electron chi connectivity index (χ0n) is 12.5. The van der Waals surface area contributed by atoms with Crippen molar-refractivity contribution in [3.63, 3.8) is 0 Å². The van der Waals surface area contributed by atoms with Crippen LogP contribution < -0.4 is 10.6 Å². The van der Waals surface area contributed by atoms with Crippen LogP contribution in [0.4, 0.5) is 9.18 Å². The van der Waals surface area contributed by atoms with Gasteiger partial charge in [-0.05, 0) is 57.2 Å². The number of amides is 2. The van der Waals surface area contributed by atoms with E-state index in [1.165, 1.54) is 12.1 Å². The van der Waals surface area contributed by atoms with Crippen LogP contribution in [-0.4, -0.2) is 23.3 Å². The van der Waals surface area contributed by atoms with Crippen LogP contribution in [-0.2, 0) is 5.54 Å². The van der Waals surface area contributed by atoms with Gasteiger partial charge in [0.15, 0.2) is 0 Å². The number of carbonyl (C=O) groups excluding carboxylic acids is 1. The van der Waals surface area contributed by atoms with Crippen molar-refractivity contribution in [1.29, 1.82) is 0 Å². The smallest absolute Gasteiger partial charge is 0.315 e. The minimum absolute atomic E-state index is 0.0942. The number of halogens is 1. The first kappa shape index (κ1) is 15.8. The maximum Gasteiger partial charge on any atom is 0.315 e. The third-order valence-corrected chi connectivity index (χ3v) is 4.00. The number of nitrogens with one attached hydrogen (secondary N) is 2. The second-order valence-electron chi connectivity index (χ2n) is 6.24. The molecule has 0 saturated heterocycles.